The van der Waals surface area contributed by atoms with Crippen LogP contribution in [0.4, 0.5) is 0 Å². The molecular weight excluding hydrogens is 290 g/mol. The lowest BCUT2D eigenvalue weighted by Gasteiger charge is -2.33. The predicted octanol–water partition coefficient (Wildman–Crippen LogP) is 2.09. The van der Waals surface area contributed by atoms with Crippen LogP contribution in [0.15, 0.2) is 0 Å². The number of ketones is 1. The Labute approximate surface area is 141 Å². The molecule has 0 bridgehead atoms. The van der Waals surface area contributed by atoms with Crippen molar-refractivity contribution in [3.63, 3.8) is 0 Å². The van der Waals surface area contributed by atoms with Crippen LogP contribution in [0.25, 0.3) is 0 Å². The maximum absolute atomic E-state index is 12.7. The van der Waals surface area contributed by atoms with Crippen molar-refractivity contribution in [2.24, 2.45) is 11.1 Å². The minimum absolute atomic E-state index is 0.138. The molecule has 1 fully saturated rings. The van der Waals surface area contributed by atoms with Gasteiger partial charge in [-0.3, -0.25) is 9.59 Å². The molecule has 1 aliphatic rings. The van der Waals surface area contributed by atoms with E-state index in [-0.39, 0.29) is 29.3 Å². The average molecular weight is 325 g/mol. The van der Waals surface area contributed by atoms with Crippen molar-refractivity contribution in [3.05, 3.63) is 0 Å². The second-order valence-electron chi connectivity index (χ2n) is 8.82. The number of hydrogen-bond donors (Lipinski definition) is 2. The standard InChI is InChI=1S/C18H35N3O2/c1-17(2,3)16(23)14(20-18(4,5)6)7-8-15(22)21-11-9-13(19)10-12-21/h13-14,20H,7-12,19H2,1-6H3/t14-/m0/s1. The summed E-state index contributed by atoms with van der Waals surface area (Å²) in [7, 11) is 0. The molecule has 1 amide bonds. The van der Waals surface area contributed by atoms with E-state index < -0.39 is 5.41 Å². The Kier molecular flexibility index (Phi) is 6.78. The molecule has 0 radical (unpaired) electrons. The highest BCUT2D eigenvalue weighted by Gasteiger charge is 2.32. The molecule has 0 aromatic heterocycles. The summed E-state index contributed by atoms with van der Waals surface area (Å²) < 4.78 is 0. The van der Waals surface area contributed by atoms with Crippen molar-refractivity contribution in [1.29, 1.82) is 0 Å². The Morgan fingerprint density at radius 3 is 2.09 bits per heavy atom. The van der Waals surface area contributed by atoms with Crippen molar-refractivity contribution < 1.29 is 9.59 Å². The molecule has 3 N–H and O–H groups in total. The van der Waals surface area contributed by atoms with Gasteiger partial charge in [0.25, 0.3) is 0 Å². The zero-order valence-electron chi connectivity index (χ0n) is 15.7. The summed E-state index contributed by atoms with van der Waals surface area (Å²) in [6.45, 7) is 13.4. The number of likely N-dealkylation sites (tertiary alicyclic amines) is 1. The largest absolute Gasteiger partial charge is 0.343 e. The maximum atomic E-state index is 12.7. The van der Waals surface area contributed by atoms with Crippen LogP contribution < -0.4 is 11.1 Å². The van der Waals surface area contributed by atoms with Gasteiger partial charge in [0.1, 0.15) is 0 Å². The summed E-state index contributed by atoms with van der Waals surface area (Å²) in [6.07, 6.45) is 2.70. The molecule has 0 aromatic rings. The molecule has 134 valence electrons. The third kappa shape index (κ3) is 7.00. The fourth-order valence-corrected chi connectivity index (χ4v) is 2.89. The molecule has 0 unspecified atom stereocenters. The van der Waals surface area contributed by atoms with Gasteiger partial charge in [-0.05, 0) is 40.0 Å². The molecule has 5 nitrogen and oxygen atoms in total. The number of Topliss-reactive ketones (excluding diaryl/α,β-unsaturated/α-hetero) is 1. The number of nitrogens with one attached hydrogen (secondary N) is 1. The molecule has 0 aliphatic carbocycles. The van der Waals surface area contributed by atoms with Gasteiger partial charge < -0.3 is 16.0 Å². The molecule has 0 aromatic carbocycles. The Bertz CT molecular complexity index is 413. The summed E-state index contributed by atoms with van der Waals surface area (Å²) in [4.78, 5) is 27.0. The van der Waals surface area contributed by atoms with Crippen LogP contribution in [0.1, 0.15) is 67.2 Å². The van der Waals surface area contributed by atoms with Crippen molar-refractivity contribution in [2.75, 3.05) is 13.1 Å². The van der Waals surface area contributed by atoms with Gasteiger partial charge in [0, 0.05) is 36.5 Å². The summed E-state index contributed by atoms with van der Waals surface area (Å²) in [5, 5.41) is 3.39. The highest BCUT2D eigenvalue weighted by Crippen LogP contribution is 2.21. The number of nitrogens with two attached hydrogens (primary N) is 1. The minimum atomic E-state index is -0.413. The lowest BCUT2D eigenvalue weighted by molar-refractivity contribution is -0.133. The van der Waals surface area contributed by atoms with E-state index in [9.17, 15) is 9.59 Å². The Hall–Kier alpha value is -0.940. The summed E-state index contributed by atoms with van der Waals surface area (Å²) in [5.41, 5.74) is 5.31. The van der Waals surface area contributed by atoms with Crippen LogP contribution in [0.5, 0.6) is 0 Å². The quantitative estimate of drug-likeness (QED) is 0.811. The van der Waals surface area contributed by atoms with Crippen LogP contribution in [0, 0.1) is 5.41 Å². The fourth-order valence-electron chi connectivity index (χ4n) is 2.89. The molecule has 23 heavy (non-hydrogen) atoms. The van der Waals surface area contributed by atoms with Gasteiger partial charge in [-0.1, -0.05) is 20.8 Å². The molecule has 1 heterocycles. The SMILES string of the molecule is CC(C)(C)N[C@@H](CCC(=O)N1CCC(N)CC1)C(=O)C(C)(C)C. The second-order valence-corrected chi connectivity index (χ2v) is 8.82. The van der Waals surface area contributed by atoms with E-state index in [0.717, 1.165) is 25.9 Å². The first-order chi connectivity index (χ1) is 10.4. The zero-order chi connectivity index (χ0) is 17.8. The third-order valence-corrected chi connectivity index (χ3v) is 4.20. The predicted molar refractivity (Wildman–Crippen MR) is 94.2 cm³/mol. The first-order valence-electron chi connectivity index (χ1n) is 8.75. The first-order valence-corrected chi connectivity index (χ1v) is 8.75. The number of piperidine rings is 1. The van der Waals surface area contributed by atoms with E-state index in [4.69, 9.17) is 5.73 Å². The number of rotatable bonds is 5. The van der Waals surface area contributed by atoms with Gasteiger partial charge in [-0.15, -0.1) is 0 Å². The van der Waals surface area contributed by atoms with E-state index in [2.05, 4.69) is 5.32 Å². The van der Waals surface area contributed by atoms with Crippen LogP contribution in [0.3, 0.4) is 0 Å². The number of carbonyl (C=O) groups excluding carboxylic acids is 2. The average Bonchev–Trinajstić information content (AvgIpc) is 2.40. The van der Waals surface area contributed by atoms with Crippen LogP contribution in [-0.2, 0) is 9.59 Å². The summed E-state index contributed by atoms with van der Waals surface area (Å²) in [5.74, 6) is 0.306. The van der Waals surface area contributed by atoms with Gasteiger partial charge in [-0.25, -0.2) is 0 Å². The van der Waals surface area contributed by atoms with Gasteiger partial charge in [0.2, 0.25) is 5.91 Å². The van der Waals surface area contributed by atoms with Crippen molar-refractivity contribution in [2.45, 2.75) is 84.8 Å². The Balaban J connectivity index is 2.63. The number of nitrogens with zero attached hydrogens (tertiary/aromatic N) is 1. The normalized spacial score (nSPS) is 18.8. The summed E-state index contributed by atoms with van der Waals surface area (Å²) >= 11 is 0. The van der Waals surface area contributed by atoms with Gasteiger partial charge in [-0.2, -0.15) is 0 Å². The number of amides is 1. The van der Waals surface area contributed by atoms with Crippen molar-refractivity contribution in [1.82, 2.24) is 10.2 Å². The fraction of sp³-hybridized carbons (Fsp3) is 0.889. The van der Waals surface area contributed by atoms with E-state index >= 15 is 0 Å². The minimum Gasteiger partial charge on any atom is -0.343 e. The molecule has 5 heteroatoms. The van der Waals surface area contributed by atoms with E-state index in [0.29, 0.717) is 12.8 Å². The van der Waals surface area contributed by atoms with E-state index in [1.165, 1.54) is 0 Å². The first kappa shape index (κ1) is 20.1. The van der Waals surface area contributed by atoms with E-state index in [1.54, 1.807) is 0 Å². The molecule has 0 spiro atoms. The Morgan fingerprint density at radius 2 is 1.65 bits per heavy atom. The highest BCUT2D eigenvalue weighted by molar-refractivity contribution is 5.89. The highest BCUT2D eigenvalue weighted by atomic mass is 16.2. The number of hydrogen-bond acceptors (Lipinski definition) is 4. The smallest absolute Gasteiger partial charge is 0.222 e. The molecule has 0 saturated carbocycles. The second kappa shape index (κ2) is 7.75. The van der Waals surface area contributed by atoms with Crippen molar-refractivity contribution in [3.8, 4) is 0 Å². The lowest BCUT2D eigenvalue weighted by atomic mass is 9.84. The van der Waals surface area contributed by atoms with Crippen LogP contribution >= 0.6 is 0 Å². The van der Waals surface area contributed by atoms with Crippen molar-refractivity contribution >= 4 is 11.7 Å². The monoisotopic (exact) mass is 325 g/mol. The van der Waals surface area contributed by atoms with Gasteiger partial charge in [0.05, 0.1) is 6.04 Å². The third-order valence-electron chi connectivity index (χ3n) is 4.20. The molecule has 1 rings (SSSR count). The summed E-state index contributed by atoms with van der Waals surface area (Å²) in [6, 6.07) is -0.0668. The maximum Gasteiger partial charge on any atom is 0.222 e. The van der Waals surface area contributed by atoms with Gasteiger partial charge >= 0.3 is 0 Å². The topological polar surface area (TPSA) is 75.4 Å². The molecule has 1 aliphatic heterocycles. The zero-order valence-corrected chi connectivity index (χ0v) is 15.7. The van der Waals surface area contributed by atoms with Gasteiger partial charge in [0.15, 0.2) is 5.78 Å². The van der Waals surface area contributed by atoms with Crippen LogP contribution in [0.2, 0.25) is 0 Å². The molecule has 1 saturated heterocycles. The lowest BCUT2D eigenvalue weighted by Crippen LogP contribution is -2.51. The Morgan fingerprint density at radius 1 is 1.13 bits per heavy atom. The van der Waals surface area contributed by atoms with E-state index in [1.807, 2.05) is 46.4 Å². The molecular formula is C18H35N3O2. The number of carbonyl (C=O) groups is 2. The van der Waals surface area contributed by atoms with Crippen LogP contribution in [-0.4, -0.2) is 47.3 Å². The molecule has 1 atom stereocenters.